The van der Waals surface area contributed by atoms with E-state index < -0.39 is 16.9 Å². The molecule has 0 unspecified atom stereocenters. The standard InChI is InChI=1S/C39H31Br2NO/c1-38(2)34-22-17-27-11-7-8-12-32(27)36(34)42(3)39(38)24-29(25-13-18-30(40)19-14-25)23-33(26-9-5-4-6-10-26)35(39)37(43)28-15-20-31(41)21-16-28/h4-24,35H,1-3H3/t35-,39-/m1/s1. The first kappa shape index (κ1) is 28.1. The Kier molecular flexibility index (Phi) is 6.83. The molecule has 5 aromatic rings. The van der Waals surface area contributed by atoms with Crippen molar-refractivity contribution in [2.24, 2.45) is 5.92 Å². The lowest BCUT2D eigenvalue weighted by atomic mass is 9.57. The maximum Gasteiger partial charge on any atom is 0.173 e. The molecular formula is C39H31Br2NO. The molecule has 0 aromatic heterocycles. The molecule has 0 N–H and O–H groups in total. The van der Waals surface area contributed by atoms with Crippen LogP contribution in [0.4, 0.5) is 5.69 Å². The Labute approximate surface area is 270 Å². The van der Waals surface area contributed by atoms with E-state index in [-0.39, 0.29) is 5.78 Å². The average molecular weight is 689 g/mol. The van der Waals surface area contributed by atoms with Gasteiger partial charge >= 0.3 is 0 Å². The number of hydrogen-bond donors (Lipinski definition) is 0. The minimum Gasteiger partial charge on any atom is -0.363 e. The quantitative estimate of drug-likeness (QED) is 0.175. The number of nitrogens with zero attached hydrogens (tertiary/aromatic N) is 1. The molecule has 0 amide bonds. The number of benzene rings is 5. The molecule has 1 heterocycles. The Morgan fingerprint density at radius 2 is 1.35 bits per heavy atom. The molecule has 0 bridgehead atoms. The number of fused-ring (bicyclic) bond motifs is 3. The van der Waals surface area contributed by atoms with Crippen LogP contribution in [0, 0.1) is 5.92 Å². The molecule has 1 aliphatic carbocycles. The van der Waals surface area contributed by atoms with Gasteiger partial charge in [-0.15, -0.1) is 0 Å². The Morgan fingerprint density at radius 1 is 0.721 bits per heavy atom. The van der Waals surface area contributed by atoms with Gasteiger partial charge in [-0.25, -0.2) is 0 Å². The highest BCUT2D eigenvalue weighted by Crippen LogP contribution is 2.61. The van der Waals surface area contributed by atoms with Gasteiger partial charge < -0.3 is 4.90 Å². The van der Waals surface area contributed by atoms with E-state index in [2.05, 4.69) is 155 Å². The van der Waals surface area contributed by atoms with E-state index in [0.29, 0.717) is 5.56 Å². The van der Waals surface area contributed by atoms with Crippen molar-refractivity contribution in [3.05, 3.63) is 159 Å². The Bertz CT molecular complexity index is 1940. The summed E-state index contributed by atoms with van der Waals surface area (Å²) >= 11 is 7.18. The largest absolute Gasteiger partial charge is 0.363 e. The zero-order valence-electron chi connectivity index (χ0n) is 24.3. The molecule has 2 aliphatic rings. The zero-order chi connectivity index (χ0) is 29.9. The van der Waals surface area contributed by atoms with Crippen LogP contribution in [0.1, 0.15) is 40.9 Å². The summed E-state index contributed by atoms with van der Waals surface area (Å²) in [7, 11) is 2.19. The van der Waals surface area contributed by atoms with Crippen LogP contribution in [-0.2, 0) is 5.41 Å². The van der Waals surface area contributed by atoms with Crippen molar-refractivity contribution in [1.82, 2.24) is 0 Å². The van der Waals surface area contributed by atoms with Gasteiger partial charge in [-0.3, -0.25) is 4.79 Å². The molecule has 0 radical (unpaired) electrons. The number of halogens is 2. The van der Waals surface area contributed by atoms with Crippen LogP contribution in [0.15, 0.2) is 136 Å². The van der Waals surface area contributed by atoms with Crippen LogP contribution in [0.2, 0.25) is 0 Å². The summed E-state index contributed by atoms with van der Waals surface area (Å²) in [6.07, 6.45) is 4.63. The van der Waals surface area contributed by atoms with Crippen molar-refractivity contribution < 1.29 is 4.79 Å². The van der Waals surface area contributed by atoms with Crippen molar-refractivity contribution >= 4 is 65.2 Å². The number of carbonyl (C=O) groups excluding carboxylic acids is 1. The number of rotatable bonds is 4. The van der Waals surface area contributed by atoms with Gasteiger partial charge in [0.05, 0.1) is 11.5 Å². The first-order valence-corrected chi connectivity index (χ1v) is 16.1. The van der Waals surface area contributed by atoms with Gasteiger partial charge in [0.25, 0.3) is 0 Å². The number of allylic oxidation sites excluding steroid dienone is 2. The van der Waals surface area contributed by atoms with Gasteiger partial charge in [-0.05, 0) is 69.6 Å². The first-order chi connectivity index (χ1) is 20.7. The minimum atomic E-state index is -0.702. The minimum absolute atomic E-state index is 0.116. The normalized spacial score (nSPS) is 20.6. The third-order valence-electron chi connectivity index (χ3n) is 9.58. The highest BCUT2D eigenvalue weighted by Gasteiger charge is 2.62. The van der Waals surface area contributed by atoms with Gasteiger partial charge in [0, 0.05) is 38.0 Å². The molecule has 7 rings (SSSR count). The Morgan fingerprint density at radius 3 is 2.05 bits per heavy atom. The lowest BCUT2D eigenvalue weighted by molar-refractivity contribution is 0.0885. The van der Waals surface area contributed by atoms with E-state index in [9.17, 15) is 0 Å². The summed E-state index contributed by atoms with van der Waals surface area (Å²) in [4.78, 5) is 17.5. The van der Waals surface area contributed by atoms with Crippen molar-refractivity contribution in [3.8, 4) is 0 Å². The predicted molar refractivity (Wildman–Crippen MR) is 187 cm³/mol. The van der Waals surface area contributed by atoms with Crippen molar-refractivity contribution in [1.29, 1.82) is 0 Å². The predicted octanol–water partition coefficient (Wildman–Crippen LogP) is 10.5. The fourth-order valence-corrected chi connectivity index (χ4v) is 7.96. The molecule has 1 aliphatic heterocycles. The number of carbonyl (C=O) groups is 1. The number of hydrogen-bond acceptors (Lipinski definition) is 2. The highest BCUT2D eigenvalue weighted by molar-refractivity contribution is 9.10. The number of likely N-dealkylation sites (N-methyl/N-ethyl adjacent to an activating group) is 1. The summed E-state index contributed by atoms with van der Waals surface area (Å²) in [6.45, 7) is 4.63. The molecule has 0 fully saturated rings. The van der Waals surface area contributed by atoms with Crippen molar-refractivity contribution in [2.45, 2.75) is 24.8 Å². The molecular weight excluding hydrogens is 658 g/mol. The maximum atomic E-state index is 15.1. The number of anilines is 1. The third-order valence-corrected chi connectivity index (χ3v) is 10.6. The second kappa shape index (κ2) is 10.5. The molecule has 2 atom stereocenters. The molecule has 2 nitrogen and oxygen atoms in total. The van der Waals surface area contributed by atoms with Crippen LogP contribution in [0.25, 0.3) is 21.9 Å². The van der Waals surface area contributed by atoms with E-state index in [4.69, 9.17) is 0 Å². The average Bonchev–Trinajstić information content (AvgIpc) is 3.19. The Balaban J connectivity index is 1.57. The Hall–Kier alpha value is -3.73. The molecule has 0 saturated heterocycles. The van der Waals surface area contributed by atoms with Crippen molar-refractivity contribution in [2.75, 3.05) is 11.9 Å². The summed E-state index contributed by atoms with van der Waals surface area (Å²) in [5, 5.41) is 2.40. The molecule has 0 saturated carbocycles. The smallest absolute Gasteiger partial charge is 0.173 e. The molecule has 5 aromatic carbocycles. The summed E-state index contributed by atoms with van der Waals surface area (Å²) in [5.74, 6) is -0.354. The van der Waals surface area contributed by atoms with Gasteiger partial charge in [0.1, 0.15) is 0 Å². The SMILES string of the molecule is CN1c2c(ccc3ccccc23)C(C)(C)[C@]12C=C(c1ccc(Br)cc1)C=C(c1ccccc1)[C@@H]2C(=O)c1ccc(Br)cc1. The van der Waals surface area contributed by atoms with Gasteiger partial charge in [0.2, 0.25) is 0 Å². The molecule has 1 spiro atoms. The monoisotopic (exact) mass is 687 g/mol. The topological polar surface area (TPSA) is 20.3 Å². The van der Waals surface area contributed by atoms with E-state index in [0.717, 1.165) is 31.2 Å². The van der Waals surface area contributed by atoms with Crippen LogP contribution in [-0.4, -0.2) is 18.4 Å². The second-order valence-electron chi connectivity index (χ2n) is 12.1. The van der Waals surface area contributed by atoms with E-state index in [1.807, 2.05) is 30.3 Å². The summed E-state index contributed by atoms with van der Waals surface area (Å²) in [5.41, 5.74) is 6.35. The van der Waals surface area contributed by atoms with Crippen LogP contribution >= 0.6 is 31.9 Å². The molecule has 43 heavy (non-hydrogen) atoms. The van der Waals surface area contributed by atoms with Gasteiger partial charge in [0.15, 0.2) is 5.78 Å². The van der Waals surface area contributed by atoms with Gasteiger partial charge in [-0.1, -0.05) is 137 Å². The highest BCUT2D eigenvalue weighted by atomic mass is 79.9. The van der Waals surface area contributed by atoms with Crippen LogP contribution < -0.4 is 4.90 Å². The number of ketones is 1. The zero-order valence-corrected chi connectivity index (χ0v) is 27.5. The van der Waals surface area contributed by atoms with Crippen molar-refractivity contribution in [3.63, 3.8) is 0 Å². The van der Waals surface area contributed by atoms with Gasteiger partial charge in [-0.2, -0.15) is 0 Å². The maximum absolute atomic E-state index is 15.1. The lowest BCUT2D eigenvalue weighted by Crippen LogP contribution is -2.61. The second-order valence-corrected chi connectivity index (χ2v) is 13.9. The lowest BCUT2D eigenvalue weighted by Gasteiger charge is -2.52. The van der Waals surface area contributed by atoms with Crippen LogP contribution in [0.3, 0.4) is 0 Å². The molecule has 4 heteroatoms. The van der Waals surface area contributed by atoms with E-state index >= 15 is 4.79 Å². The molecule has 212 valence electrons. The summed E-state index contributed by atoms with van der Waals surface area (Å²) < 4.78 is 1.99. The first-order valence-electron chi connectivity index (χ1n) is 14.5. The summed E-state index contributed by atoms with van der Waals surface area (Å²) in [6, 6.07) is 39.8. The number of Topliss-reactive ketones (excluding diaryl/α,β-unsaturated/α-hetero) is 1. The van der Waals surface area contributed by atoms with E-state index in [1.165, 1.54) is 22.0 Å². The third kappa shape index (κ3) is 4.29. The fraction of sp³-hybridized carbons (Fsp3) is 0.154. The fourth-order valence-electron chi connectivity index (χ4n) is 7.43. The van der Waals surface area contributed by atoms with Crippen LogP contribution in [0.5, 0.6) is 0 Å². The van der Waals surface area contributed by atoms with E-state index in [1.54, 1.807) is 0 Å².